The van der Waals surface area contributed by atoms with Gasteiger partial charge in [0.15, 0.2) is 0 Å². The van der Waals surface area contributed by atoms with Crippen molar-refractivity contribution < 1.29 is 19.1 Å². The Kier molecular flexibility index (Phi) is 4.04. The highest BCUT2D eigenvalue weighted by Gasteiger charge is 2.28. The minimum absolute atomic E-state index is 0.160. The monoisotopic (exact) mass is 263 g/mol. The van der Waals surface area contributed by atoms with Crippen LogP contribution in [0.15, 0.2) is 24.3 Å². The van der Waals surface area contributed by atoms with Crippen molar-refractivity contribution in [3.8, 4) is 5.75 Å². The van der Waals surface area contributed by atoms with E-state index in [1.807, 2.05) is 12.1 Å². The standard InChI is InChI=1S/C14H17NO4/c1-10(11-5-7-12(18-2)8-6-11)19-14(17)15-9-3-4-13(15)16/h5-8,10H,3-4,9H2,1-2H3. The lowest BCUT2D eigenvalue weighted by Crippen LogP contribution is -2.33. The van der Waals surface area contributed by atoms with E-state index in [4.69, 9.17) is 9.47 Å². The number of hydrogen-bond acceptors (Lipinski definition) is 4. The van der Waals surface area contributed by atoms with Crippen LogP contribution in [0.3, 0.4) is 0 Å². The lowest BCUT2D eigenvalue weighted by atomic mass is 10.1. The third-order valence-electron chi connectivity index (χ3n) is 3.16. The average molecular weight is 263 g/mol. The topological polar surface area (TPSA) is 55.8 Å². The second kappa shape index (κ2) is 5.73. The summed E-state index contributed by atoms with van der Waals surface area (Å²) in [6, 6.07) is 7.28. The number of amides is 2. The summed E-state index contributed by atoms with van der Waals surface area (Å²) in [5.41, 5.74) is 0.862. The molecule has 1 aromatic carbocycles. The smallest absolute Gasteiger partial charge is 0.417 e. The molecule has 0 N–H and O–H groups in total. The highest BCUT2D eigenvalue weighted by Crippen LogP contribution is 2.22. The second-order valence-corrected chi connectivity index (χ2v) is 4.45. The van der Waals surface area contributed by atoms with E-state index >= 15 is 0 Å². The maximum atomic E-state index is 11.8. The van der Waals surface area contributed by atoms with Gasteiger partial charge in [0.25, 0.3) is 0 Å². The summed E-state index contributed by atoms with van der Waals surface area (Å²) in [5, 5.41) is 0. The van der Waals surface area contributed by atoms with E-state index in [0.29, 0.717) is 19.4 Å². The highest BCUT2D eigenvalue weighted by molar-refractivity contribution is 5.93. The predicted octanol–water partition coefficient (Wildman–Crippen LogP) is 2.52. The van der Waals surface area contributed by atoms with Crippen LogP contribution in [-0.4, -0.2) is 30.6 Å². The van der Waals surface area contributed by atoms with Crippen molar-refractivity contribution in [3.05, 3.63) is 29.8 Å². The van der Waals surface area contributed by atoms with Crippen molar-refractivity contribution in [1.29, 1.82) is 0 Å². The van der Waals surface area contributed by atoms with Crippen LogP contribution in [0.2, 0.25) is 0 Å². The first-order chi connectivity index (χ1) is 9.11. The molecular weight excluding hydrogens is 246 g/mol. The Morgan fingerprint density at radius 3 is 2.53 bits per heavy atom. The van der Waals surface area contributed by atoms with Gasteiger partial charge in [0.2, 0.25) is 5.91 Å². The highest BCUT2D eigenvalue weighted by atomic mass is 16.6. The Morgan fingerprint density at radius 2 is 2.00 bits per heavy atom. The maximum absolute atomic E-state index is 11.8. The molecule has 0 saturated carbocycles. The third-order valence-corrected chi connectivity index (χ3v) is 3.16. The van der Waals surface area contributed by atoms with Crippen LogP contribution in [0.1, 0.15) is 31.4 Å². The molecule has 2 rings (SSSR count). The molecule has 5 nitrogen and oxygen atoms in total. The number of nitrogens with zero attached hydrogens (tertiary/aromatic N) is 1. The normalized spacial score (nSPS) is 16.3. The van der Waals surface area contributed by atoms with Crippen LogP contribution in [-0.2, 0) is 9.53 Å². The number of methoxy groups -OCH3 is 1. The number of likely N-dealkylation sites (tertiary alicyclic amines) is 1. The second-order valence-electron chi connectivity index (χ2n) is 4.45. The lowest BCUT2D eigenvalue weighted by Gasteiger charge is -2.18. The minimum Gasteiger partial charge on any atom is -0.497 e. The average Bonchev–Trinajstić information content (AvgIpc) is 2.85. The molecule has 1 fully saturated rings. The van der Waals surface area contributed by atoms with Gasteiger partial charge in [-0.2, -0.15) is 0 Å². The molecule has 1 aromatic rings. The van der Waals surface area contributed by atoms with E-state index in [2.05, 4.69) is 0 Å². The Bertz CT molecular complexity index is 469. The van der Waals surface area contributed by atoms with Crippen LogP contribution in [0.5, 0.6) is 5.75 Å². The van der Waals surface area contributed by atoms with Crippen LogP contribution < -0.4 is 4.74 Å². The molecule has 1 aliphatic heterocycles. The predicted molar refractivity (Wildman–Crippen MR) is 68.8 cm³/mol. The molecule has 2 amide bonds. The number of rotatable bonds is 3. The van der Waals surface area contributed by atoms with E-state index in [1.165, 1.54) is 4.90 Å². The lowest BCUT2D eigenvalue weighted by molar-refractivity contribution is -0.126. The van der Waals surface area contributed by atoms with Gasteiger partial charge in [0.05, 0.1) is 7.11 Å². The van der Waals surface area contributed by atoms with Crippen molar-refractivity contribution in [2.75, 3.05) is 13.7 Å². The van der Waals surface area contributed by atoms with Crippen LogP contribution in [0.4, 0.5) is 4.79 Å². The molecule has 1 aliphatic rings. The molecule has 0 spiro atoms. The number of benzene rings is 1. The Labute approximate surface area is 112 Å². The molecule has 1 unspecified atom stereocenters. The molecule has 0 aromatic heterocycles. The van der Waals surface area contributed by atoms with Crippen molar-refractivity contribution in [1.82, 2.24) is 4.90 Å². The zero-order valence-corrected chi connectivity index (χ0v) is 11.1. The summed E-state index contributed by atoms with van der Waals surface area (Å²) in [6.45, 7) is 2.23. The van der Waals surface area contributed by atoms with Gasteiger partial charge in [0, 0.05) is 13.0 Å². The van der Waals surface area contributed by atoms with Gasteiger partial charge in [0.1, 0.15) is 11.9 Å². The summed E-state index contributed by atoms with van der Waals surface area (Å²) in [7, 11) is 1.59. The summed E-state index contributed by atoms with van der Waals surface area (Å²) in [4.78, 5) is 24.4. The first-order valence-electron chi connectivity index (χ1n) is 6.26. The Morgan fingerprint density at radius 1 is 1.32 bits per heavy atom. The molecule has 0 bridgehead atoms. The van der Waals surface area contributed by atoms with Crippen molar-refractivity contribution >= 4 is 12.0 Å². The van der Waals surface area contributed by atoms with E-state index in [0.717, 1.165) is 11.3 Å². The van der Waals surface area contributed by atoms with Crippen LogP contribution >= 0.6 is 0 Å². The number of imide groups is 1. The number of carbonyl (C=O) groups excluding carboxylic acids is 2. The van der Waals surface area contributed by atoms with E-state index in [-0.39, 0.29) is 5.91 Å². The zero-order chi connectivity index (χ0) is 13.8. The number of carbonyl (C=O) groups is 2. The van der Waals surface area contributed by atoms with Gasteiger partial charge in [-0.05, 0) is 31.0 Å². The number of hydrogen-bond donors (Lipinski definition) is 0. The molecule has 102 valence electrons. The Balaban J connectivity index is 1.97. The van der Waals surface area contributed by atoms with E-state index in [9.17, 15) is 9.59 Å². The molecule has 1 heterocycles. The van der Waals surface area contributed by atoms with Crippen LogP contribution in [0.25, 0.3) is 0 Å². The fourth-order valence-electron chi connectivity index (χ4n) is 2.00. The first kappa shape index (κ1) is 13.4. The third kappa shape index (κ3) is 3.05. The van der Waals surface area contributed by atoms with Crippen molar-refractivity contribution in [2.45, 2.75) is 25.9 Å². The Hall–Kier alpha value is -2.04. The van der Waals surface area contributed by atoms with Gasteiger partial charge in [-0.25, -0.2) is 9.69 Å². The minimum atomic E-state index is -0.564. The quantitative estimate of drug-likeness (QED) is 0.840. The van der Waals surface area contributed by atoms with Crippen molar-refractivity contribution in [3.63, 3.8) is 0 Å². The van der Waals surface area contributed by atoms with Gasteiger partial charge in [-0.3, -0.25) is 4.79 Å². The molecular formula is C14H17NO4. The molecule has 1 saturated heterocycles. The summed E-state index contributed by atoms with van der Waals surface area (Å²) in [5.74, 6) is 0.587. The summed E-state index contributed by atoms with van der Waals surface area (Å²) >= 11 is 0. The molecule has 0 aliphatic carbocycles. The molecule has 19 heavy (non-hydrogen) atoms. The van der Waals surface area contributed by atoms with Crippen LogP contribution in [0, 0.1) is 0 Å². The van der Waals surface area contributed by atoms with Crippen molar-refractivity contribution in [2.24, 2.45) is 0 Å². The zero-order valence-electron chi connectivity index (χ0n) is 11.1. The van der Waals surface area contributed by atoms with E-state index < -0.39 is 12.2 Å². The summed E-state index contributed by atoms with van der Waals surface area (Å²) in [6.07, 6.45) is 0.175. The first-order valence-corrected chi connectivity index (χ1v) is 6.26. The van der Waals surface area contributed by atoms with E-state index in [1.54, 1.807) is 26.2 Å². The van der Waals surface area contributed by atoms with Gasteiger partial charge in [-0.15, -0.1) is 0 Å². The molecule has 0 radical (unpaired) electrons. The van der Waals surface area contributed by atoms with Gasteiger partial charge < -0.3 is 9.47 Å². The molecule has 5 heteroatoms. The van der Waals surface area contributed by atoms with Gasteiger partial charge in [-0.1, -0.05) is 12.1 Å². The largest absolute Gasteiger partial charge is 0.497 e. The fraction of sp³-hybridized carbons (Fsp3) is 0.429. The van der Waals surface area contributed by atoms with Gasteiger partial charge >= 0.3 is 6.09 Å². The maximum Gasteiger partial charge on any atom is 0.417 e. The number of ether oxygens (including phenoxy) is 2. The fourth-order valence-corrected chi connectivity index (χ4v) is 2.00. The summed E-state index contributed by atoms with van der Waals surface area (Å²) < 4.78 is 10.4. The SMILES string of the molecule is COc1ccc(C(C)OC(=O)N2CCCC2=O)cc1. The molecule has 1 atom stereocenters.